The molecule has 132 valence electrons. The van der Waals surface area contributed by atoms with Gasteiger partial charge in [-0.3, -0.25) is 14.9 Å². The van der Waals surface area contributed by atoms with Crippen LogP contribution in [-0.2, 0) is 10.0 Å². The fourth-order valence-corrected chi connectivity index (χ4v) is 4.45. The molecule has 1 aromatic heterocycles. The number of sulfonamides is 1. The molecule has 7 nitrogen and oxygen atoms in total. The number of aromatic nitrogens is 1. The first-order valence-corrected chi connectivity index (χ1v) is 9.98. The van der Waals surface area contributed by atoms with E-state index in [9.17, 15) is 18.0 Å². The van der Waals surface area contributed by atoms with Crippen LogP contribution in [0.5, 0.6) is 0 Å². The number of thiazole rings is 1. The Morgan fingerprint density at radius 2 is 2.00 bits per heavy atom. The minimum atomic E-state index is -3.63. The molecule has 2 N–H and O–H groups in total. The molecule has 1 saturated carbocycles. The van der Waals surface area contributed by atoms with E-state index in [0.29, 0.717) is 15.7 Å². The van der Waals surface area contributed by atoms with Crippen molar-refractivity contribution in [2.45, 2.75) is 37.6 Å². The van der Waals surface area contributed by atoms with Crippen LogP contribution in [0.4, 0.5) is 5.13 Å². The highest BCUT2D eigenvalue weighted by atomic mass is 32.2. The number of aryl methyl sites for hydroxylation is 1. The Kier molecular flexibility index (Phi) is 4.72. The summed E-state index contributed by atoms with van der Waals surface area (Å²) in [5, 5.41) is 2.91. The van der Waals surface area contributed by atoms with Crippen molar-refractivity contribution in [3.8, 4) is 0 Å². The molecule has 1 amide bonds. The molecule has 0 aliphatic heterocycles. The van der Waals surface area contributed by atoms with Crippen molar-refractivity contribution in [3.05, 3.63) is 40.4 Å². The molecule has 1 aromatic carbocycles. The molecular formula is C16H17N3O4S2. The van der Waals surface area contributed by atoms with Gasteiger partial charge in [0.25, 0.3) is 5.91 Å². The molecule has 0 unspecified atom stereocenters. The lowest BCUT2D eigenvalue weighted by Gasteiger charge is -2.07. The Balaban J connectivity index is 1.79. The van der Waals surface area contributed by atoms with E-state index in [1.807, 2.05) is 0 Å². The van der Waals surface area contributed by atoms with Crippen LogP contribution in [0.15, 0.2) is 29.2 Å². The van der Waals surface area contributed by atoms with Gasteiger partial charge in [0.2, 0.25) is 10.0 Å². The fraction of sp³-hybridized carbons (Fsp3) is 0.312. The normalized spacial score (nSPS) is 14.3. The first-order valence-electron chi connectivity index (χ1n) is 7.68. The van der Waals surface area contributed by atoms with Crippen molar-refractivity contribution in [1.82, 2.24) is 9.71 Å². The van der Waals surface area contributed by atoms with E-state index in [0.717, 1.165) is 24.2 Å². The number of carbonyl (C=O) groups is 2. The summed E-state index contributed by atoms with van der Waals surface area (Å²) in [6.07, 6.45) is 1.67. The quantitative estimate of drug-likeness (QED) is 0.750. The number of benzene rings is 1. The van der Waals surface area contributed by atoms with Gasteiger partial charge >= 0.3 is 0 Å². The molecule has 3 rings (SSSR count). The van der Waals surface area contributed by atoms with E-state index in [4.69, 9.17) is 0 Å². The number of hydrogen-bond acceptors (Lipinski definition) is 6. The lowest BCUT2D eigenvalue weighted by molar-refractivity contribution is 0.101. The average Bonchev–Trinajstić information content (AvgIpc) is 3.27. The second kappa shape index (κ2) is 6.66. The summed E-state index contributed by atoms with van der Waals surface area (Å²) in [4.78, 5) is 28.5. The number of carbonyl (C=O) groups excluding carboxylic acids is 2. The summed E-state index contributed by atoms with van der Waals surface area (Å²) in [6, 6.07) is 5.81. The molecule has 0 radical (unpaired) electrons. The van der Waals surface area contributed by atoms with E-state index in [1.165, 1.54) is 31.2 Å². The standard InChI is InChI=1S/C16H17N3O4S2/c1-9-14(10(2)20)24-16(17-9)18-15(21)11-4-3-5-13(8-11)25(22,23)19-12-6-7-12/h3-5,8,12,19H,6-7H2,1-2H3,(H,17,18,21). The van der Waals surface area contributed by atoms with Gasteiger partial charge in [0.15, 0.2) is 10.9 Å². The molecule has 0 atom stereocenters. The van der Waals surface area contributed by atoms with Crippen LogP contribution in [0, 0.1) is 6.92 Å². The second-order valence-corrected chi connectivity index (χ2v) is 8.58. The molecule has 1 fully saturated rings. The van der Waals surface area contributed by atoms with Crippen LogP contribution >= 0.6 is 11.3 Å². The second-order valence-electron chi connectivity index (χ2n) is 5.87. The summed E-state index contributed by atoms with van der Waals surface area (Å²) in [5.41, 5.74) is 0.758. The molecular weight excluding hydrogens is 362 g/mol. The van der Waals surface area contributed by atoms with E-state index in [-0.39, 0.29) is 22.3 Å². The van der Waals surface area contributed by atoms with Crippen LogP contribution in [0.2, 0.25) is 0 Å². The summed E-state index contributed by atoms with van der Waals surface area (Å²) in [7, 11) is -3.63. The number of anilines is 1. The Bertz CT molecular complexity index is 946. The van der Waals surface area contributed by atoms with Crippen molar-refractivity contribution < 1.29 is 18.0 Å². The Morgan fingerprint density at radius 1 is 1.28 bits per heavy atom. The van der Waals surface area contributed by atoms with Crippen molar-refractivity contribution >= 4 is 38.2 Å². The third-order valence-electron chi connectivity index (χ3n) is 3.64. The molecule has 1 heterocycles. The number of amides is 1. The van der Waals surface area contributed by atoms with Crippen molar-refractivity contribution in [1.29, 1.82) is 0 Å². The number of rotatable bonds is 6. The minimum Gasteiger partial charge on any atom is -0.298 e. The highest BCUT2D eigenvalue weighted by molar-refractivity contribution is 7.89. The maximum absolute atomic E-state index is 12.4. The van der Waals surface area contributed by atoms with Gasteiger partial charge < -0.3 is 0 Å². The zero-order valence-electron chi connectivity index (χ0n) is 13.7. The fourth-order valence-electron chi connectivity index (χ4n) is 2.24. The largest absolute Gasteiger partial charge is 0.298 e. The third-order valence-corrected chi connectivity index (χ3v) is 6.33. The maximum atomic E-state index is 12.4. The van der Waals surface area contributed by atoms with Gasteiger partial charge in [-0.25, -0.2) is 18.1 Å². The number of nitrogens with zero attached hydrogens (tertiary/aromatic N) is 1. The lowest BCUT2D eigenvalue weighted by atomic mass is 10.2. The van der Waals surface area contributed by atoms with Gasteiger partial charge in [-0.15, -0.1) is 0 Å². The average molecular weight is 379 g/mol. The lowest BCUT2D eigenvalue weighted by Crippen LogP contribution is -2.26. The summed E-state index contributed by atoms with van der Waals surface area (Å²) in [5.74, 6) is -0.595. The van der Waals surface area contributed by atoms with E-state index >= 15 is 0 Å². The highest BCUT2D eigenvalue weighted by Gasteiger charge is 2.28. The monoisotopic (exact) mass is 379 g/mol. The Labute approximate surface area is 149 Å². The topological polar surface area (TPSA) is 105 Å². The predicted octanol–water partition coefficient (Wildman–Crippen LogP) is 2.35. The number of nitrogens with one attached hydrogen (secondary N) is 2. The Hall–Kier alpha value is -2.10. The van der Waals surface area contributed by atoms with Crippen LogP contribution in [0.25, 0.3) is 0 Å². The van der Waals surface area contributed by atoms with E-state index in [1.54, 1.807) is 6.92 Å². The van der Waals surface area contributed by atoms with Gasteiger partial charge in [0.1, 0.15) is 0 Å². The zero-order valence-corrected chi connectivity index (χ0v) is 15.3. The zero-order chi connectivity index (χ0) is 18.2. The molecule has 25 heavy (non-hydrogen) atoms. The number of hydrogen-bond donors (Lipinski definition) is 2. The van der Waals surface area contributed by atoms with Crippen molar-refractivity contribution in [2.75, 3.05) is 5.32 Å². The summed E-state index contributed by atoms with van der Waals surface area (Å²) < 4.78 is 27.1. The van der Waals surface area contributed by atoms with Gasteiger partial charge in [-0.1, -0.05) is 17.4 Å². The van der Waals surface area contributed by atoms with Crippen LogP contribution in [0.1, 0.15) is 45.5 Å². The predicted molar refractivity (Wildman–Crippen MR) is 94.6 cm³/mol. The summed E-state index contributed by atoms with van der Waals surface area (Å²) >= 11 is 1.09. The van der Waals surface area contributed by atoms with Crippen LogP contribution < -0.4 is 10.0 Å². The summed E-state index contributed by atoms with van der Waals surface area (Å²) in [6.45, 7) is 3.13. The van der Waals surface area contributed by atoms with Crippen LogP contribution in [-0.4, -0.2) is 31.1 Å². The molecule has 0 saturated heterocycles. The number of Topliss-reactive ketones (excluding diaryl/α,β-unsaturated/α-hetero) is 1. The smallest absolute Gasteiger partial charge is 0.257 e. The maximum Gasteiger partial charge on any atom is 0.257 e. The Morgan fingerprint density at radius 3 is 2.60 bits per heavy atom. The number of ketones is 1. The van der Waals surface area contributed by atoms with Crippen molar-refractivity contribution in [3.63, 3.8) is 0 Å². The molecule has 9 heteroatoms. The van der Waals surface area contributed by atoms with Gasteiger partial charge in [0, 0.05) is 18.5 Å². The van der Waals surface area contributed by atoms with Gasteiger partial charge in [-0.05, 0) is 38.0 Å². The molecule has 1 aliphatic rings. The SMILES string of the molecule is CC(=O)c1sc(NC(=O)c2cccc(S(=O)(=O)NC3CC3)c2)nc1C. The first kappa shape index (κ1) is 17.7. The molecule has 2 aromatic rings. The van der Waals surface area contributed by atoms with Crippen molar-refractivity contribution in [2.24, 2.45) is 0 Å². The minimum absolute atomic E-state index is 0.00854. The third kappa shape index (κ3) is 4.12. The van der Waals surface area contributed by atoms with E-state index in [2.05, 4.69) is 15.0 Å². The molecule has 1 aliphatic carbocycles. The van der Waals surface area contributed by atoms with Gasteiger partial charge in [0.05, 0.1) is 15.5 Å². The molecule has 0 spiro atoms. The van der Waals surface area contributed by atoms with Crippen LogP contribution in [0.3, 0.4) is 0 Å². The van der Waals surface area contributed by atoms with E-state index < -0.39 is 15.9 Å². The first-order chi connectivity index (χ1) is 11.8. The molecule has 0 bridgehead atoms. The highest BCUT2D eigenvalue weighted by Crippen LogP contribution is 2.25. The van der Waals surface area contributed by atoms with Gasteiger partial charge in [-0.2, -0.15) is 0 Å².